The Morgan fingerprint density at radius 1 is 1.00 bits per heavy atom. The number of nitrogens with one attached hydrogen (secondary N) is 2. The SMILES string of the molecule is O=C(CSc1nnc(NCC(F)(F)F)s1)Nc1ccc(-c2ccccc2)cc1. The predicted molar refractivity (Wildman–Crippen MR) is 106 cm³/mol. The topological polar surface area (TPSA) is 66.9 Å². The van der Waals surface area contributed by atoms with Crippen LogP contribution in [-0.2, 0) is 4.79 Å². The molecule has 28 heavy (non-hydrogen) atoms. The minimum absolute atomic E-state index is 0.0664. The van der Waals surface area contributed by atoms with Crippen LogP contribution in [0.5, 0.6) is 0 Å². The first kappa shape index (κ1) is 20.2. The quantitative estimate of drug-likeness (QED) is 0.528. The molecular weight excluding hydrogens is 409 g/mol. The first-order valence-corrected chi connectivity index (χ1v) is 9.91. The van der Waals surface area contributed by atoms with E-state index in [1.165, 1.54) is 0 Å². The maximum absolute atomic E-state index is 12.2. The van der Waals surface area contributed by atoms with Crippen LogP contribution in [0, 0.1) is 0 Å². The fourth-order valence-electron chi connectivity index (χ4n) is 2.22. The largest absolute Gasteiger partial charge is 0.405 e. The van der Waals surface area contributed by atoms with Crippen molar-refractivity contribution in [3.05, 3.63) is 54.6 Å². The maximum atomic E-state index is 12.2. The zero-order valence-electron chi connectivity index (χ0n) is 14.4. The third kappa shape index (κ3) is 6.24. The Kier molecular flexibility index (Phi) is 6.53. The summed E-state index contributed by atoms with van der Waals surface area (Å²) in [6, 6.07) is 17.3. The predicted octanol–water partition coefficient (Wildman–Crippen LogP) is 4.91. The number of alkyl halides is 3. The number of halogens is 3. The molecule has 0 saturated heterocycles. The number of hydrogen-bond donors (Lipinski definition) is 2. The standard InChI is InChI=1S/C18H15F3N4OS2/c19-18(20,21)11-22-16-24-25-17(28-16)27-10-15(26)23-14-8-6-13(7-9-14)12-4-2-1-3-5-12/h1-9H,10-11H2,(H,22,24)(H,23,26). The van der Waals surface area contributed by atoms with Gasteiger partial charge in [0.1, 0.15) is 6.54 Å². The highest BCUT2D eigenvalue weighted by Crippen LogP contribution is 2.27. The number of thioether (sulfide) groups is 1. The van der Waals surface area contributed by atoms with Crippen LogP contribution in [0.15, 0.2) is 58.9 Å². The number of hydrogen-bond acceptors (Lipinski definition) is 6. The summed E-state index contributed by atoms with van der Waals surface area (Å²) in [6.45, 7) is -1.17. The van der Waals surface area contributed by atoms with E-state index in [1.54, 1.807) is 0 Å². The number of benzene rings is 2. The zero-order valence-corrected chi connectivity index (χ0v) is 16.0. The van der Waals surface area contributed by atoms with Crippen molar-refractivity contribution < 1.29 is 18.0 Å². The van der Waals surface area contributed by atoms with Gasteiger partial charge in [-0.25, -0.2) is 0 Å². The lowest BCUT2D eigenvalue weighted by atomic mass is 10.1. The van der Waals surface area contributed by atoms with Gasteiger partial charge in [-0.05, 0) is 23.3 Å². The van der Waals surface area contributed by atoms with Crippen molar-refractivity contribution in [1.82, 2.24) is 10.2 Å². The fraction of sp³-hybridized carbons (Fsp3) is 0.167. The monoisotopic (exact) mass is 424 g/mol. The second kappa shape index (κ2) is 9.07. The van der Waals surface area contributed by atoms with Crippen molar-refractivity contribution >= 4 is 39.8 Å². The molecule has 0 saturated carbocycles. The van der Waals surface area contributed by atoms with E-state index in [-0.39, 0.29) is 16.8 Å². The molecule has 0 atom stereocenters. The Bertz CT molecular complexity index is 915. The van der Waals surface area contributed by atoms with Crippen molar-refractivity contribution in [2.75, 3.05) is 22.9 Å². The highest BCUT2D eigenvalue weighted by atomic mass is 32.2. The van der Waals surface area contributed by atoms with Crippen molar-refractivity contribution in [2.24, 2.45) is 0 Å². The maximum Gasteiger partial charge on any atom is 0.405 e. The minimum Gasteiger partial charge on any atom is -0.351 e. The first-order valence-electron chi connectivity index (χ1n) is 8.11. The molecule has 146 valence electrons. The molecule has 2 N–H and O–H groups in total. The molecule has 3 rings (SSSR count). The summed E-state index contributed by atoms with van der Waals surface area (Å²) in [4.78, 5) is 12.1. The van der Waals surface area contributed by atoms with Gasteiger partial charge in [-0.2, -0.15) is 13.2 Å². The van der Waals surface area contributed by atoms with E-state index in [9.17, 15) is 18.0 Å². The third-order valence-corrected chi connectivity index (χ3v) is 5.46. The number of rotatable bonds is 7. The van der Waals surface area contributed by atoms with E-state index in [1.807, 2.05) is 54.6 Å². The Morgan fingerprint density at radius 2 is 1.68 bits per heavy atom. The van der Waals surface area contributed by atoms with E-state index in [2.05, 4.69) is 20.8 Å². The molecule has 5 nitrogen and oxygen atoms in total. The van der Waals surface area contributed by atoms with Crippen molar-refractivity contribution in [3.8, 4) is 11.1 Å². The molecular formula is C18H15F3N4OS2. The summed E-state index contributed by atoms with van der Waals surface area (Å²) in [5, 5.41) is 12.4. The molecule has 1 heterocycles. The minimum atomic E-state index is -4.32. The van der Waals surface area contributed by atoms with Crippen LogP contribution in [0.25, 0.3) is 11.1 Å². The van der Waals surface area contributed by atoms with Gasteiger partial charge in [-0.1, -0.05) is 65.6 Å². The van der Waals surface area contributed by atoms with Crippen LogP contribution in [-0.4, -0.2) is 34.6 Å². The molecule has 0 fully saturated rings. The van der Waals surface area contributed by atoms with Gasteiger partial charge in [-0.3, -0.25) is 4.79 Å². The van der Waals surface area contributed by atoms with Crippen molar-refractivity contribution in [1.29, 1.82) is 0 Å². The third-order valence-electron chi connectivity index (χ3n) is 3.45. The number of anilines is 2. The van der Waals surface area contributed by atoms with E-state index < -0.39 is 12.7 Å². The van der Waals surface area contributed by atoms with Crippen molar-refractivity contribution in [3.63, 3.8) is 0 Å². The molecule has 1 aromatic heterocycles. The van der Waals surface area contributed by atoms with Gasteiger partial charge in [0, 0.05) is 5.69 Å². The van der Waals surface area contributed by atoms with Crippen LogP contribution in [0.4, 0.5) is 24.0 Å². The molecule has 0 unspecified atom stereocenters. The number of aromatic nitrogens is 2. The van der Waals surface area contributed by atoms with Gasteiger partial charge < -0.3 is 10.6 Å². The summed E-state index contributed by atoms with van der Waals surface area (Å²) < 4.78 is 36.9. The van der Waals surface area contributed by atoms with Crippen LogP contribution >= 0.6 is 23.1 Å². The number of amides is 1. The lowest BCUT2D eigenvalue weighted by Crippen LogP contribution is -2.21. The normalized spacial score (nSPS) is 11.2. The van der Waals surface area contributed by atoms with Crippen LogP contribution in [0.2, 0.25) is 0 Å². The number of carbonyl (C=O) groups excluding carboxylic acids is 1. The highest BCUT2D eigenvalue weighted by Gasteiger charge is 2.27. The van der Waals surface area contributed by atoms with Gasteiger partial charge in [-0.15, -0.1) is 10.2 Å². The molecule has 0 bridgehead atoms. The summed E-state index contributed by atoms with van der Waals surface area (Å²) in [5.41, 5.74) is 2.79. The molecule has 0 aliphatic heterocycles. The van der Waals surface area contributed by atoms with Gasteiger partial charge in [0.15, 0.2) is 4.34 Å². The average Bonchev–Trinajstić information content (AvgIpc) is 3.14. The van der Waals surface area contributed by atoms with E-state index >= 15 is 0 Å². The fourth-order valence-corrected chi connectivity index (χ4v) is 3.76. The first-order chi connectivity index (χ1) is 13.4. The van der Waals surface area contributed by atoms with E-state index in [4.69, 9.17) is 0 Å². The lowest BCUT2D eigenvalue weighted by molar-refractivity contribution is -0.115. The number of carbonyl (C=O) groups is 1. The van der Waals surface area contributed by atoms with Gasteiger partial charge in [0.25, 0.3) is 0 Å². The van der Waals surface area contributed by atoms with E-state index in [0.717, 1.165) is 34.2 Å². The summed E-state index contributed by atoms with van der Waals surface area (Å²) >= 11 is 2.08. The second-order valence-electron chi connectivity index (χ2n) is 5.62. The molecule has 0 aliphatic rings. The Hall–Kier alpha value is -2.59. The van der Waals surface area contributed by atoms with Gasteiger partial charge >= 0.3 is 6.18 Å². The van der Waals surface area contributed by atoms with Crippen LogP contribution < -0.4 is 10.6 Å². The van der Waals surface area contributed by atoms with Gasteiger partial charge in [0.2, 0.25) is 11.0 Å². The molecule has 0 radical (unpaired) electrons. The molecule has 3 aromatic rings. The molecule has 0 aliphatic carbocycles. The van der Waals surface area contributed by atoms with Gasteiger partial charge in [0.05, 0.1) is 5.75 Å². The Balaban J connectivity index is 1.47. The van der Waals surface area contributed by atoms with Crippen LogP contribution in [0.1, 0.15) is 0 Å². The van der Waals surface area contributed by atoms with Crippen molar-refractivity contribution in [2.45, 2.75) is 10.5 Å². The summed E-state index contributed by atoms with van der Waals surface area (Å²) in [5.74, 6) is -0.161. The Morgan fingerprint density at radius 3 is 2.36 bits per heavy atom. The molecule has 2 aromatic carbocycles. The summed E-state index contributed by atoms with van der Waals surface area (Å²) in [6.07, 6.45) is -4.32. The Labute approximate surface area is 167 Å². The number of nitrogens with zero attached hydrogens (tertiary/aromatic N) is 2. The highest BCUT2D eigenvalue weighted by molar-refractivity contribution is 8.01. The summed E-state index contributed by atoms with van der Waals surface area (Å²) in [7, 11) is 0. The lowest BCUT2D eigenvalue weighted by Gasteiger charge is -2.06. The second-order valence-corrected chi connectivity index (χ2v) is 7.82. The average molecular weight is 424 g/mol. The van der Waals surface area contributed by atoms with Crippen LogP contribution in [0.3, 0.4) is 0 Å². The molecule has 1 amide bonds. The smallest absolute Gasteiger partial charge is 0.351 e. The van der Waals surface area contributed by atoms with E-state index in [0.29, 0.717) is 10.0 Å². The molecule has 0 spiro atoms. The molecule has 10 heteroatoms. The zero-order chi connectivity index (χ0) is 20.0.